The van der Waals surface area contributed by atoms with Crippen molar-refractivity contribution in [2.24, 2.45) is 5.41 Å². The second-order valence-electron chi connectivity index (χ2n) is 7.88. The second kappa shape index (κ2) is 7.62. The van der Waals surface area contributed by atoms with Gasteiger partial charge in [-0.05, 0) is 53.4 Å². The number of nitrogens with zero attached hydrogens (tertiary/aromatic N) is 2. The number of likely N-dealkylation sites (tertiary alicyclic amines) is 2. The number of rotatable bonds is 3. The third-order valence-corrected chi connectivity index (χ3v) is 4.82. The zero-order valence-corrected chi connectivity index (χ0v) is 15.8. The molecule has 2 fully saturated rings. The average Bonchev–Trinajstić information content (AvgIpc) is 2.51. The van der Waals surface area contributed by atoms with Gasteiger partial charge in [-0.2, -0.15) is 0 Å². The summed E-state index contributed by atoms with van der Waals surface area (Å²) in [6, 6.07) is 0. The van der Waals surface area contributed by atoms with Gasteiger partial charge in [0.05, 0.1) is 12.0 Å². The molecule has 142 valence electrons. The van der Waals surface area contributed by atoms with Crippen LogP contribution >= 0.6 is 0 Å². The lowest BCUT2D eigenvalue weighted by molar-refractivity contribution is -0.157. The van der Waals surface area contributed by atoms with Crippen molar-refractivity contribution in [1.29, 1.82) is 0 Å². The summed E-state index contributed by atoms with van der Waals surface area (Å²) >= 11 is 0. The van der Waals surface area contributed by atoms with Gasteiger partial charge in [-0.15, -0.1) is 0 Å². The van der Waals surface area contributed by atoms with Crippen LogP contribution in [0.4, 0.5) is 4.79 Å². The lowest BCUT2D eigenvalue weighted by Crippen LogP contribution is -2.55. The second-order valence-corrected chi connectivity index (χ2v) is 7.88. The van der Waals surface area contributed by atoms with E-state index in [4.69, 9.17) is 9.47 Å². The fourth-order valence-corrected chi connectivity index (χ4v) is 3.57. The average molecular weight is 354 g/mol. The van der Waals surface area contributed by atoms with Crippen molar-refractivity contribution in [3.63, 3.8) is 0 Å². The number of carbonyl (C=O) groups is 3. The van der Waals surface area contributed by atoms with Gasteiger partial charge in [0, 0.05) is 19.6 Å². The van der Waals surface area contributed by atoms with E-state index in [1.165, 1.54) is 0 Å². The van der Waals surface area contributed by atoms with E-state index in [0.717, 1.165) is 12.8 Å². The van der Waals surface area contributed by atoms with Gasteiger partial charge in [-0.1, -0.05) is 0 Å². The van der Waals surface area contributed by atoms with Crippen LogP contribution in [0.15, 0.2) is 0 Å². The smallest absolute Gasteiger partial charge is 0.410 e. The van der Waals surface area contributed by atoms with Crippen LogP contribution in [-0.4, -0.2) is 66.2 Å². The SMILES string of the molecule is CCOC(=O)CN1CCCC2(CCN(C(=O)OC(C)(C)C)CC2)C1=O. The highest BCUT2D eigenvalue weighted by Crippen LogP contribution is 2.41. The molecule has 0 unspecified atom stereocenters. The first kappa shape index (κ1) is 19.5. The standard InChI is InChI=1S/C18H30N2O5/c1-5-24-14(21)13-20-10-6-7-18(15(20)22)8-11-19(12-9-18)16(23)25-17(2,3)4/h5-13H2,1-4H3. The molecule has 1 spiro atoms. The molecule has 7 nitrogen and oxygen atoms in total. The number of piperidine rings is 2. The lowest BCUT2D eigenvalue weighted by atomic mass is 9.71. The predicted octanol–water partition coefficient (Wildman–Crippen LogP) is 2.19. The molecule has 25 heavy (non-hydrogen) atoms. The molecule has 0 radical (unpaired) electrons. The zero-order valence-electron chi connectivity index (χ0n) is 15.8. The van der Waals surface area contributed by atoms with Crippen molar-refractivity contribution < 1.29 is 23.9 Å². The first-order chi connectivity index (χ1) is 11.7. The molecule has 0 aromatic rings. The highest BCUT2D eigenvalue weighted by atomic mass is 16.6. The topological polar surface area (TPSA) is 76.2 Å². The van der Waals surface area contributed by atoms with E-state index in [2.05, 4.69) is 0 Å². The first-order valence-electron chi connectivity index (χ1n) is 9.10. The van der Waals surface area contributed by atoms with Gasteiger partial charge in [0.2, 0.25) is 5.91 Å². The summed E-state index contributed by atoms with van der Waals surface area (Å²) in [5.74, 6) is -0.338. The molecule has 0 aromatic carbocycles. The number of ether oxygens (including phenoxy) is 2. The Morgan fingerprint density at radius 1 is 1.12 bits per heavy atom. The highest BCUT2D eigenvalue weighted by molar-refractivity contribution is 5.87. The van der Waals surface area contributed by atoms with Gasteiger partial charge in [0.15, 0.2) is 0 Å². The van der Waals surface area contributed by atoms with Gasteiger partial charge in [-0.3, -0.25) is 9.59 Å². The van der Waals surface area contributed by atoms with Crippen molar-refractivity contribution in [3.05, 3.63) is 0 Å². The zero-order chi connectivity index (χ0) is 18.7. The fourth-order valence-electron chi connectivity index (χ4n) is 3.57. The van der Waals surface area contributed by atoms with Gasteiger partial charge in [0.1, 0.15) is 12.1 Å². The number of hydrogen-bond acceptors (Lipinski definition) is 5. The van der Waals surface area contributed by atoms with Gasteiger partial charge < -0.3 is 19.3 Å². The van der Waals surface area contributed by atoms with Crippen molar-refractivity contribution in [3.8, 4) is 0 Å². The number of amides is 2. The van der Waals surface area contributed by atoms with E-state index in [-0.39, 0.29) is 24.5 Å². The molecule has 0 saturated carbocycles. The minimum atomic E-state index is -0.524. The van der Waals surface area contributed by atoms with Crippen LogP contribution in [-0.2, 0) is 19.1 Å². The molecule has 7 heteroatoms. The molecule has 0 bridgehead atoms. The fraction of sp³-hybridized carbons (Fsp3) is 0.833. The minimum absolute atomic E-state index is 0.0181. The third-order valence-electron chi connectivity index (χ3n) is 4.82. The molecular weight excluding hydrogens is 324 g/mol. The lowest BCUT2D eigenvalue weighted by Gasteiger charge is -2.46. The Hall–Kier alpha value is -1.79. The third kappa shape index (κ3) is 4.86. The predicted molar refractivity (Wildman–Crippen MR) is 91.9 cm³/mol. The summed E-state index contributed by atoms with van der Waals surface area (Å²) in [7, 11) is 0. The van der Waals surface area contributed by atoms with Crippen molar-refractivity contribution in [2.75, 3.05) is 32.8 Å². The molecule has 2 aliphatic heterocycles. The van der Waals surface area contributed by atoms with E-state index in [0.29, 0.717) is 39.1 Å². The first-order valence-corrected chi connectivity index (χ1v) is 9.10. The molecular formula is C18H30N2O5. The van der Waals surface area contributed by atoms with Crippen molar-refractivity contribution in [2.45, 2.75) is 59.0 Å². The summed E-state index contributed by atoms with van der Waals surface area (Å²) in [5.41, 5.74) is -0.980. The Kier molecular flexibility index (Phi) is 5.95. The molecule has 0 aliphatic carbocycles. The van der Waals surface area contributed by atoms with Crippen LogP contribution in [0.5, 0.6) is 0 Å². The van der Waals surface area contributed by atoms with Crippen molar-refractivity contribution >= 4 is 18.0 Å². The summed E-state index contributed by atoms with van der Waals surface area (Å²) in [6.07, 6.45) is 2.59. The Labute approximate surface area is 149 Å². The minimum Gasteiger partial charge on any atom is -0.465 e. The number of hydrogen-bond donors (Lipinski definition) is 0. The summed E-state index contributed by atoms with van der Waals surface area (Å²) in [4.78, 5) is 40.1. The van der Waals surface area contributed by atoms with E-state index in [9.17, 15) is 14.4 Å². The van der Waals surface area contributed by atoms with Crippen LogP contribution in [0.3, 0.4) is 0 Å². The van der Waals surface area contributed by atoms with E-state index >= 15 is 0 Å². The van der Waals surface area contributed by atoms with Crippen LogP contribution in [0.1, 0.15) is 53.4 Å². The molecule has 0 aromatic heterocycles. The maximum absolute atomic E-state index is 12.9. The molecule has 2 heterocycles. The van der Waals surface area contributed by atoms with E-state index in [1.807, 2.05) is 20.8 Å². The molecule has 2 amide bonds. The largest absolute Gasteiger partial charge is 0.465 e. The van der Waals surface area contributed by atoms with Crippen molar-refractivity contribution in [1.82, 2.24) is 9.80 Å². The van der Waals surface area contributed by atoms with E-state index in [1.54, 1.807) is 16.7 Å². The maximum atomic E-state index is 12.9. The van der Waals surface area contributed by atoms with E-state index < -0.39 is 11.0 Å². The Morgan fingerprint density at radius 3 is 2.32 bits per heavy atom. The maximum Gasteiger partial charge on any atom is 0.410 e. The van der Waals surface area contributed by atoms with Gasteiger partial charge in [0.25, 0.3) is 0 Å². The number of esters is 1. The molecule has 2 aliphatic rings. The monoisotopic (exact) mass is 354 g/mol. The molecule has 2 saturated heterocycles. The van der Waals surface area contributed by atoms with Crippen LogP contribution in [0.25, 0.3) is 0 Å². The number of carbonyl (C=O) groups excluding carboxylic acids is 3. The van der Waals surface area contributed by atoms with Crippen LogP contribution in [0.2, 0.25) is 0 Å². The Balaban J connectivity index is 1.95. The molecule has 0 atom stereocenters. The van der Waals surface area contributed by atoms with Crippen LogP contribution in [0, 0.1) is 5.41 Å². The Bertz CT molecular complexity index is 518. The Morgan fingerprint density at radius 2 is 1.76 bits per heavy atom. The molecule has 2 rings (SSSR count). The highest BCUT2D eigenvalue weighted by Gasteiger charge is 2.47. The summed E-state index contributed by atoms with van der Waals surface area (Å²) in [6.45, 7) is 9.22. The summed E-state index contributed by atoms with van der Waals surface area (Å²) in [5, 5.41) is 0. The molecule has 0 N–H and O–H groups in total. The normalized spacial score (nSPS) is 20.6. The quantitative estimate of drug-likeness (QED) is 0.726. The summed E-state index contributed by atoms with van der Waals surface area (Å²) < 4.78 is 10.4. The van der Waals surface area contributed by atoms with Gasteiger partial charge >= 0.3 is 12.1 Å². The van der Waals surface area contributed by atoms with Gasteiger partial charge in [-0.25, -0.2) is 4.79 Å². The van der Waals surface area contributed by atoms with Crippen LogP contribution < -0.4 is 0 Å².